The zero-order valence-electron chi connectivity index (χ0n) is 51.1. The lowest BCUT2D eigenvalue weighted by Crippen LogP contribution is -2.26. The first-order valence-electron chi connectivity index (χ1n) is 32.6. The molecule has 89 heavy (non-hydrogen) atoms. The molecule has 2 aliphatic rings. The predicted octanol–water partition coefficient (Wildman–Crippen LogP) is 23.8. The largest absolute Gasteiger partial charge is 0.309 e. The molecule has 2 aliphatic carbocycles. The fourth-order valence-electron chi connectivity index (χ4n) is 15.5. The van der Waals surface area contributed by atoms with Crippen LogP contribution in [0.25, 0.3) is 128 Å². The summed E-state index contributed by atoms with van der Waals surface area (Å²) < 4.78 is 4.87. The lowest BCUT2D eigenvalue weighted by atomic mass is 9.69. The van der Waals surface area contributed by atoms with E-state index in [1.54, 1.807) is 0 Å². The van der Waals surface area contributed by atoms with Gasteiger partial charge >= 0.3 is 0 Å². The minimum Gasteiger partial charge on any atom is -0.309 e. The summed E-state index contributed by atoms with van der Waals surface area (Å²) in [6.07, 6.45) is 14.1. The topological polar surface area (TPSA) is 9.86 Å². The summed E-state index contributed by atoms with van der Waals surface area (Å²) in [7, 11) is 0. The average molecular weight is 1150 g/mol. The van der Waals surface area contributed by atoms with Crippen molar-refractivity contribution in [2.45, 2.75) is 83.5 Å². The monoisotopic (exact) mass is 1140 g/mol. The van der Waals surface area contributed by atoms with Crippen LogP contribution in [0.4, 0.5) is 0 Å². The van der Waals surface area contributed by atoms with Crippen LogP contribution in [0.3, 0.4) is 0 Å². The molecule has 0 saturated carbocycles. The second-order valence-corrected chi connectivity index (χ2v) is 25.1. The maximum absolute atomic E-state index is 4.04. The number of unbranched alkanes of at least 4 members (excludes halogenated alkanes) is 6. The van der Waals surface area contributed by atoms with Crippen molar-refractivity contribution in [3.05, 3.63) is 306 Å². The Morgan fingerprint density at radius 2 is 0.719 bits per heavy atom. The number of hydrogen-bond acceptors (Lipinski definition) is 0. The Bertz CT molecular complexity index is 4980. The van der Waals surface area contributed by atoms with Gasteiger partial charge in [-0.15, -0.1) is 0 Å². The van der Waals surface area contributed by atoms with E-state index >= 15 is 0 Å². The molecule has 16 rings (SSSR count). The van der Waals surface area contributed by atoms with E-state index in [-0.39, 0.29) is 0 Å². The molecular formula is C87H72N2. The Kier molecular flexibility index (Phi) is 13.8. The molecule has 0 fully saturated rings. The molecule has 430 valence electrons. The van der Waals surface area contributed by atoms with Crippen LogP contribution in [0.5, 0.6) is 0 Å². The molecule has 2 heteroatoms. The molecule has 2 heterocycles. The first kappa shape index (κ1) is 54.4. The third kappa shape index (κ3) is 9.14. The summed E-state index contributed by atoms with van der Waals surface area (Å²) >= 11 is 0. The summed E-state index contributed by atoms with van der Waals surface area (Å²) in [4.78, 5) is 0. The molecule has 14 aromatic rings. The molecule has 12 aromatic carbocycles. The van der Waals surface area contributed by atoms with E-state index in [1.165, 1.54) is 195 Å². The molecule has 0 saturated heterocycles. The van der Waals surface area contributed by atoms with E-state index in [0.29, 0.717) is 0 Å². The number of aryl methyl sites for hydroxylation is 2. The number of benzene rings is 12. The molecule has 0 bridgehead atoms. The van der Waals surface area contributed by atoms with Crippen molar-refractivity contribution in [1.82, 2.24) is 9.13 Å². The Hall–Kier alpha value is -10.0. The summed E-state index contributed by atoms with van der Waals surface area (Å²) in [5.74, 6) is 0. The Morgan fingerprint density at radius 1 is 0.303 bits per heavy atom. The molecule has 0 radical (unpaired) electrons. The van der Waals surface area contributed by atoms with E-state index in [9.17, 15) is 0 Å². The summed E-state index contributed by atoms with van der Waals surface area (Å²) in [5, 5.41) is 5.02. The Labute approximate surface area is 523 Å². The average Bonchev–Trinajstić information content (AvgIpc) is 1.52. The van der Waals surface area contributed by atoms with Crippen molar-refractivity contribution >= 4 is 49.7 Å². The van der Waals surface area contributed by atoms with Crippen LogP contribution in [-0.4, -0.2) is 9.13 Å². The number of hydrogen-bond donors (Lipinski definition) is 0. The summed E-state index contributed by atoms with van der Waals surface area (Å²) in [5.41, 5.74) is 31.4. The fourth-order valence-corrected chi connectivity index (χ4v) is 15.5. The van der Waals surface area contributed by atoms with Crippen LogP contribution in [0.1, 0.15) is 104 Å². The Balaban J connectivity index is 0.830. The van der Waals surface area contributed by atoms with Crippen LogP contribution in [0.2, 0.25) is 0 Å². The standard InChI is InChI=1S/C87H72N2/c1-4-7-9-12-21-59-31-45-71-72-46-32-60(22-13-10-8-5-2)53-82(72)87(81(71)52-59)79-47-37-65(62-33-41-69(42-34-62)88-83-29-18-16-27-73(83)77-56-67(39-49-85(77)88)61-24-14-11-15-25-61)54-75(79)76-55-66(38-48-80(76)87)63-35-43-70(44-36-63)89-84-30-19-17-28-74(84)78-57-68(40-50-86(78)89)64-26-20-23-58(6-3)51-64/h6,11,14-20,23-57H,3-5,7-10,12-13,21-22H2,1-2H3. The molecular weight excluding hydrogens is 1070 g/mol. The number of aromatic nitrogens is 2. The van der Waals surface area contributed by atoms with Gasteiger partial charge in [0.2, 0.25) is 0 Å². The summed E-state index contributed by atoms with van der Waals surface area (Å²) in [6, 6.07) is 99.6. The maximum atomic E-state index is 4.04. The molecule has 0 aliphatic heterocycles. The predicted molar refractivity (Wildman–Crippen MR) is 379 cm³/mol. The third-order valence-electron chi connectivity index (χ3n) is 19.9. The van der Waals surface area contributed by atoms with Crippen molar-refractivity contribution in [3.8, 4) is 78.1 Å². The van der Waals surface area contributed by atoms with Crippen LogP contribution in [0, 0.1) is 0 Å². The normalized spacial score (nSPS) is 12.7. The van der Waals surface area contributed by atoms with Crippen molar-refractivity contribution in [2.24, 2.45) is 0 Å². The first-order valence-corrected chi connectivity index (χ1v) is 32.6. The van der Waals surface area contributed by atoms with E-state index < -0.39 is 5.41 Å². The highest BCUT2D eigenvalue weighted by Gasteiger charge is 2.52. The zero-order chi connectivity index (χ0) is 59.6. The van der Waals surface area contributed by atoms with Crippen molar-refractivity contribution in [3.63, 3.8) is 0 Å². The van der Waals surface area contributed by atoms with Crippen molar-refractivity contribution in [1.29, 1.82) is 0 Å². The van der Waals surface area contributed by atoms with Crippen LogP contribution in [0.15, 0.2) is 267 Å². The number of fused-ring (bicyclic) bond motifs is 16. The highest BCUT2D eigenvalue weighted by molar-refractivity contribution is 6.12. The third-order valence-corrected chi connectivity index (χ3v) is 19.9. The van der Waals surface area contributed by atoms with E-state index in [4.69, 9.17) is 0 Å². The molecule has 0 N–H and O–H groups in total. The molecule has 0 atom stereocenters. The fraction of sp³-hybridized carbons (Fsp3) is 0.149. The molecule has 1 spiro atoms. The molecule has 2 aromatic heterocycles. The second kappa shape index (κ2) is 22.6. The van der Waals surface area contributed by atoms with Gasteiger partial charge < -0.3 is 9.13 Å². The molecule has 0 unspecified atom stereocenters. The van der Waals surface area contributed by atoms with Gasteiger partial charge in [-0.3, -0.25) is 0 Å². The SMILES string of the molecule is C=Cc1cccc(-c2ccc3c(c2)c2ccccc2n3-c2ccc(-c3ccc4c(c3)-c3cc(-c5ccc(-n6c7ccccc7c7cc(-c8ccccc8)ccc76)cc5)ccc3C43c4cc(CCCCCC)ccc4-c4ccc(CCCCCC)cc43)cc2)c1. The lowest BCUT2D eigenvalue weighted by molar-refractivity contribution is 0.665. The van der Waals surface area contributed by atoms with Gasteiger partial charge in [-0.2, -0.15) is 0 Å². The minimum atomic E-state index is -0.471. The smallest absolute Gasteiger partial charge is 0.0725 e. The number of para-hydroxylation sites is 2. The van der Waals surface area contributed by atoms with E-state index in [1.807, 2.05) is 6.08 Å². The Morgan fingerprint density at radius 3 is 1.22 bits per heavy atom. The van der Waals surface area contributed by atoms with Crippen LogP contribution < -0.4 is 0 Å². The van der Waals surface area contributed by atoms with Crippen LogP contribution in [-0.2, 0) is 18.3 Å². The van der Waals surface area contributed by atoms with Gasteiger partial charge in [-0.25, -0.2) is 0 Å². The molecule has 0 amide bonds. The second-order valence-electron chi connectivity index (χ2n) is 25.1. The minimum absolute atomic E-state index is 0.471. The van der Waals surface area contributed by atoms with E-state index in [0.717, 1.165) is 29.8 Å². The number of rotatable bonds is 17. The van der Waals surface area contributed by atoms with Crippen molar-refractivity contribution in [2.75, 3.05) is 0 Å². The highest BCUT2D eigenvalue weighted by atomic mass is 15.0. The highest BCUT2D eigenvalue weighted by Crippen LogP contribution is 2.64. The molecule has 2 nitrogen and oxygen atoms in total. The zero-order valence-corrected chi connectivity index (χ0v) is 51.1. The van der Waals surface area contributed by atoms with Crippen molar-refractivity contribution < 1.29 is 0 Å². The van der Waals surface area contributed by atoms with Gasteiger partial charge in [-0.05, 0) is 210 Å². The van der Waals surface area contributed by atoms with Gasteiger partial charge in [0.15, 0.2) is 0 Å². The number of nitrogens with zero attached hydrogens (tertiary/aromatic N) is 2. The van der Waals surface area contributed by atoms with Gasteiger partial charge in [0, 0.05) is 32.9 Å². The van der Waals surface area contributed by atoms with Gasteiger partial charge in [-0.1, -0.05) is 247 Å². The first-order chi connectivity index (χ1) is 44.0. The van der Waals surface area contributed by atoms with Gasteiger partial charge in [0.1, 0.15) is 0 Å². The van der Waals surface area contributed by atoms with Crippen LogP contribution >= 0.6 is 0 Å². The van der Waals surface area contributed by atoms with Gasteiger partial charge in [0.25, 0.3) is 0 Å². The van der Waals surface area contributed by atoms with Gasteiger partial charge in [0.05, 0.1) is 27.5 Å². The maximum Gasteiger partial charge on any atom is 0.0725 e. The quantitative estimate of drug-likeness (QED) is 0.0804. The summed E-state index contributed by atoms with van der Waals surface area (Å²) in [6.45, 7) is 8.66. The lowest BCUT2D eigenvalue weighted by Gasteiger charge is -2.31. The van der Waals surface area contributed by atoms with E-state index in [2.05, 4.69) is 290 Å².